The van der Waals surface area contributed by atoms with E-state index in [1.807, 2.05) is 0 Å². The van der Waals surface area contributed by atoms with Crippen LogP contribution >= 0.6 is 0 Å². The second kappa shape index (κ2) is 9.81. The van der Waals surface area contributed by atoms with E-state index in [1.54, 1.807) is 0 Å². The maximum atomic E-state index is 5.44. The summed E-state index contributed by atoms with van der Waals surface area (Å²) in [4.78, 5) is 2.10. The lowest BCUT2D eigenvalue weighted by Gasteiger charge is -2.18. The van der Waals surface area contributed by atoms with E-state index in [9.17, 15) is 0 Å². The Morgan fingerprint density at radius 3 is 1.71 bits per heavy atom. The Balaban J connectivity index is 3.64. The topological polar surface area (TPSA) is 131 Å². The van der Waals surface area contributed by atoms with Gasteiger partial charge in [-0.15, -0.1) is 0 Å². The minimum Gasteiger partial charge on any atom is -0.329 e. The van der Waals surface area contributed by atoms with Crippen molar-refractivity contribution in [2.24, 2.45) is 38.1 Å². The van der Waals surface area contributed by atoms with Gasteiger partial charge in [0.05, 0.1) is 13.1 Å². The average Bonchev–Trinajstić information content (AvgIpc) is 2.18. The highest BCUT2D eigenvalue weighted by Gasteiger charge is 2.01. The lowest BCUT2D eigenvalue weighted by atomic mass is 10.4. The van der Waals surface area contributed by atoms with Gasteiger partial charge in [-0.3, -0.25) is 4.90 Å². The van der Waals surface area contributed by atoms with Crippen LogP contribution in [-0.2, 0) is 0 Å². The second-order valence-corrected chi connectivity index (χ2v) is 2.59. The molecule has 0 spiro atoms. The Labute approximate surface area is 83.2 Å². The van der Waals surface area contributed by atoms with E-state index in [1.165, 1.54) is 0 Å². The first kappa shape index (κ1) is 12.7. The Bertz CT molecular complexity index is 151. The molecule has 14 heavy (non-hydrogen) atoms. The van der Waals surface area contributed by atoms with Crippen LogP contribution in [0.4, 0.5) is 0 Å². The number of nitrogens with zero attached hydrogens (tertiary/aromatic N) is 5. The van der Waals surface area contributed by atoms with Crippen LogP contribution in [0.2, 0.25) is 0 Å². The summed E-state index contributed by atoms with van der Waals surface area (Å²) in [5, 5.41) is 13.7. The third kappa shape index (κ3) is 7.37. The fraction of sp³-hybridized carbons (Fsp3) is 1.00. The molecule has 0 aliphatic rings. The van der Waals surface area contributed by atoms with Crippen molar-refractivity contribution in [2.45, 2.75) is 0 Å². The first-order valence-electron chi connectivity index (χ1n) is 4.41. The van der Waals surface area contributed by atoms with Crippen molar-refractivity contribution in [3.8, 4) is 0 Å². The summed E-state index contributed by atoms with van der Waals surface area (Å²) >= 11 is 0. The summed E-state index contributed by atoms with van der Waals surface area (Å²) in [6.45, 7) is 4.04. The third-order valence-electron chi connectivity index (χ3n) is 1.64. The van der Waals surface area contributed by atoms with Crippen molar-refractivity contribution < 1.29 is 0 Å². The molecular formula is C6H18N8. The molecule has 0 amide bonds. The SMILES string of the molecule is NCCN(CCN=NN)CCN=NN. The summed E-state index contributed by atoms with van der Waals surface area (Å²) in [5.74, 6) is 9.75. The van der Waals surface area contributed by atoms with Crippen molar-refractivity contribution in [3.63, 3.8) is 0 Å². The molecule has 0 unspecified atom stereocenters. The smallest absolute Gasteiger partial charge is 0.0747 e. The van der Waals surface area contributed by atoms with Crippen LogP contribution in [0, 0.1) is 0 Å². The summed E-state index contributed by atoms with van der Waals surface area (Å²) in [7, 11) is 0. The molecule has 0 aromatic rings. The maximum absolute atomic E-state index is 5.44. The molecule has 8 heteroatoms. The van der Waals surface area contributed by atoms with E-state index in [4.69, 9.17) is 17.4 Å². The Hall–Kier alpha value is -1.28. The minimum absolute atomic E-state index is 0.566. The number of rotatable bonds is 8. The molecule has 8 nitrogen and oxygen atoms in total. The van der Waals surface area contributed by atoms with Crippen LogP contribution in [-0.4, -0.2) is 44.2 Å². The molecule has 0 aliphatic carbocycles. The van der Waals surface area contributed by atoms with Crippen LogP contribution in [0.3, 0.4) is 0 Å². The Morgan fingerprint density at radius 1 is 0.857 bits per heavy atom. The van der Waals surface area contributed by atoms with E-state index < -0.39 is 0 Å². The van der Waals surface area contributed by atoms with Crippen molar-refractivity contribution in [2.75, 3.05) is 39.3 Å². The zero-order valence-corrected chi connectivity index (χ0v) is 8.21. The van der Waals surface area contributed by atoms with E-state index >= 15 is 0 Å². The van der Waals surface area contributed by atoms with Gasteiger partial charge in [0.1, 0.15) is 0 Å². The van der Waals surface area contributed by atoms with Crippen molar-refractivity contribution in [1.29, 1.82) is 0 Å². The highest BCUT2D eigenvalue weighted by molar-refractivity contribution is 4.60. The maximum Gasteiger partial charge on any atom is 0.0747 e. The normalized spacial score (nSPS) is 12.1. The molecule has 0 aromatic heterocycles. The van der Waals surface area contributed by atoms with Crippen LogP contribution in [0.25, 0.3) is 0 Å². The lowest BCUT2D eigenvalue weighted by Crippen LogP contribution is -2.33. The molecule has 0 aromatic carbocycles. The summed E-state index contributed by atoms with van der Waals surface area (Å²) in [6.07, 6.45) is 0. The number of hydrogen-bond donors (Lipinski definition) is 3. The van der Waals surface area contributed by atoms with Gasteiger partial charge in [-0.05, 0) is 0 Å². The summed E-state index contributed by atoms with van der Waals surface area (Å²) in [5.41, 5.74) is 5.44. The molecule has 0 aliphatic heterocycles. The summed E-state index contributed by atoms with van der Waals surface area (Å²) < 4.78 is 0. The zero-order valence-electron chi connectivity index (χ0n) is 8.21. The molecule has 0 atom stereocenters. The number of nitrogens with two attached hydrogens (primary N) is 3. The third-order valence-corrected chi connectivity index (χ3v) is 1.64. The quantitative estimate of drug-likeness (QED) is 0.262. The highest BCUT2D eigenvalue weighted by atomic mass is 15.3. The van der Waals surface area contributed by atoms with E-state index in [2.05, 4.69) is 25.6 Å². The monoisotopic (exact) mass is 202 g/mol. The van der Waals surface area contributed by atoms with Crippen LogP contribution in [0.1, 0.15) is 0 Å². The predicted octanol–water partition coefficient (Wildman–Crippen LogP) is -1.10. The Kier molecular flexibility index (Phi) is 8.91. The first-order chi connectivity index (χ1) is 6.85. The van der Waals surface area contributed by atoms with Gasteiger partial charge in [0.2, 0.25) is 0 Å². The number of hydrogen-bond acceptors (Lipinski definition) is 6. The van der Waals surface area contributed by atoms with Gasteiger partial charge < -0.3 is 17.4 Å². The summed E-state index contributed by atoms with van der Waals surface area (Å²) in [6, 6.07) is 0. The molecule has 0 saturated heterocycles. The largest absolute Gasteiger partial charge is 0.329 e. The van der Waals surface area contributed by atoms with Crippen LogP contribution in [0.5, 0.6) is 0 Å². The first-order valence-corrected chi connectivity index (χ1v) is 4.41. The van der Waals surface area contributed by atoms with Gasteiger partial charge in [-0.25, -0.2) is 0 Å². The van der Waals surface area contributed by atoms with Gasteiger partial charge in [0.25, 0.3) is 0 Å². The zero-order chi connectivity index (χ0) is 10.6. The van der Waals surface area contributed by atoms with Gasteiger partial charge in [0.15, 0.2) is 0 Å². The molecule has 0 heterocycles. The minimum atomic E-state index is 0.566. The fourth-order valence-electron chi connectivity index (χ4n) is 1.01. The molecule has 82 valence electrons. The van der Waals surface area contributed by atoms with E-state index in [0.717, 1.165) is 19.6 Å². The van der Waals surface area contributed by atoms with Crippen molar-refractivity contribution in [3.05, 3.63) is 0 Å². The molecule has 0 rings (SSSR count). The lowest BCUT2D eigenvalue weighted by molar-refractivity contribution is 0.294. The predicted molar refractivity (Wildman–Crippen MR) is 53.3 cm³/mol. The van der Waals surface area contributed by atoms with Crippen LogP contribution < -0.4 is 17.4 Å². The molecule has 0 bridgehead atoms. The standard InChI is InChI=1S/C6H18N8/c7-1-4-14(5-2-10-12-8)6-3-11-13-9/h1-7H2,(H2,8,10)(H2,9,11). The molecule has 6 N–H and O–H groups in total. The van der Waals surface area contributed by atoms with E-state index in [0.29, 0.717) is 19.6 Å². The second-order valence-electron chi connectivity index (χ2n) is 2.59. The Morgan fingerprint density at radius 2 is 1.36 bits per heavy atom. The van der Waals surface area contributed by atoms with Crippen molar-refractivity contribution in [1.82, 2.24) is 4.90 Å². The van der Waals surface area contributed by atoms with Crippen LogP contribution in [0.15, 0.2) is 20.7 Å². The molecule has 0 radical (unpaired) electrons. The molecular weight excluding hydrogens is 184 g/mol. The van der Waals surface area contributed by atoms with Gasteiger partial charge >= 0.3 is 0 Å². The molecule has 0 saturated carbocycles. The van der Waals surface area contributed by atoms with Gasteiger partial charge in [0, 0.05) is 26.2 Å². The average molecular weight is 202 g/mol. The highest BCUT2D eigenvalue weighted by Crippen LogP contribution is 1.88. The fourth-order valence-corrected chi connectivity index (χ4v) is 1.01. The van der Waals surface area contributed by atoms with E-state index in [-0.39, 0.29) is 0 Å². The van der Waals surface area contributed by atoms with Gasteiger partial charge in [-0.1, -0.05) is 10.4 Å². The van der Waals surface area contributed by atoms with Crippen molar-refractivity contribution >= 4 is 0 Å². The van der Waals surface area contributed by atoms with Gasteiger partial charge in [-0.2, -0.15) is 10.2 Å². The molecule has 0 fully saturated rings.